The smallest absolute Gasteiger partial charge is 0.251 e. The number of carbonyl (C=O) groups is 1. The predicted octanol–water partition coefficient (Wildman–Crippen LogP) is 1.75. The fraction of sp³-hybridized carbons (Fsp3) is 0.389. The molecule has 0 aliphatic carbocycles. The van der Waals surface area contributed by atoms with Crippen LogP contribution in [0, 0.1) is 12.7 Å². The number of benzene rings is 1. The van der Waals surface area contributed by atoms with Crippen LogP contribution in [0.1, 0.15) is 29.6 Å². The van der Waals surface area contributed by atoms with E-state index in [0.29, 0.717) is 44.1 Å². The number of H-pyrrole nitrogens is 1. The molecule has 0 unspecified atom stereocenters. The molecule has 0 saturated carbocycles. The molecule has 1 atom stereocenters. The number of hydrogen-bond donors (Lipinski definition) is 1. The second-order valence-corrected chi connectivity index (χ2v) is 6.10. The average Bonchev–Trinajstić information content (AvgIpc) is 2.59. The number of aromatic nitrogens is 2. The molecule has 3 rings (SSSR count). The molecule has 1 amide bonds. The lowest BCUT2D eigenvalue weighted by molar-refractivity contribution is -0.139. The molecule has 1 aliphatic rings. The van der Waals surface area contributed by atoms with Gasteiger partial charge in [-0.2, -0.15) is 0 Å². The lowest BCUT2D eigenvalue weighted by Gasteiger charge is -2.32. The number of aromatic amines is 1. The van der Waals surface area contributed by atoms with Gasteiger partial charge in [0.1, 0.15) is 17.7 Å². The Morgan fingerprint density at radius 1 is 1.44 bits per heavy atom. The third-order valence-electron chi connectivity index (χ3n) is 4.13. The van der Waals surface area contributed by atoms with Gasteiger partial charge in [0, 0.05) is 24.7 Å². The number of aryl methyl sites for hydroxylation is 2. The van der Waals surface area contributed by atoms with E-state index in [1.54, 1.807) is 24.0 Å². The molecular formula is C18H20FN3O3. The first kappa shape index (κ1) is 17.3. The van der Waals surface area contributed by atoms with Gasteiger partial charge in [0.25, 0.3) is 5.56 Å². The van der Waals surface area contributed by atoms with Crippen LogP contribution in [-0.2, 0) is 16.0 Å². The summed E-state index contributed by atoms with van der Waals surface area (Å²) in [5.74, 6) is 0.117. The first-order valence-corrected chi connectivity index (χ1v) is 8.23. The summed E-state index contributed by atoms with van der Waals surface area (Å²) < 4.78 is 18.9. The van der Waals surface area contributed by atoms with E-state index in [0.717, 1.165) is 5.56 Å². The molecule has 1 fully saturated rings. The summed E-state index contributed by atoms with van der Waals surface area (Å²) in [5.41, 5.74) is 1.17. The van der Waals surface area contributed by atoms with Crippen molar-refractivity contribution in [2.24, 2.45) is 0 Å². The molecule has 6 nitrogen and oxygen atoms in total. The fourth-order valence-electron chi connectivity index (χ4n) is 2.90. The van der Waals surface area contributed by atoms with E-state index >= 15 is 0 Å². The van der Waals surface area contributed by atoms with Gasteiger partial charge in [-0.25, -0.2) is 9.37 Å². The summed E-state index contributed by atoms with van der Waals surface area (Å²) in [5, 5.41) is 0. The molecular weight excluding hydrogens is 325 g/mol. The molecule has 0 radical (unpaired) electrons. The van der Waals surface area contributed by atoms with Crippen LogP contribution in [-0.4, -0.2) is 40.5 Å². The Bertz CT molecular complexity index is 821. The van der Waals surface area contributed by atoms with E-state index in [9.17, 15) is 14.0 Å². The van der Waals surface area contributed by atoms with Crippen LogP contribution in [0.3, 0.4) is 0 Å². The maximum Gasteiger partial charge on any atom is 0.251 e. The highest BCUT2D eigenvalue weighted by atomic mass is 19.1. The lowest BCUT2D eigenvalue weighted by atomic mass is 10.1. The zero-order valence-corrected chi connectivity index (χ0v) is 14.0. The van der Waals surface area contributed by atoms with E-state index in [2.05, 4.69) is 9.97 Å². The molecule has 1 saturated heterocycles. The van der Waals surface area contributed by atoms with Crippen LogP contribution in [0.15, 0.2) is 35.1 Å². The number of rotatable bonds is 4. The Hall–Kier alpha value is -2.54. The summed E-state index contributed by atoms with van der Waals surface area (Å²) in [7, 11) is 0. The van der Waals surface area contributed by atoms with Gasteiger partial charge in [-0.1, -0.05) is 12.1 Å². The van der Waals surface area contributed by atoms with Crippen molar-refractivity contribution in [2.45, 2.75) is 25.9 Å². The molecule has 25 heavy (non-hydrogen) atoms. The van der Waals surface area contributed by atoms with Gasteiger partial charge in [0.2, 0.25) is 5.91 Å². The van der Waals surface area contributed by atoms with Gasteiger partial charge >= 0.3 is 0 Å². The Labute approximate surface area is 144 Å². The number of hydrogen-bond acceptors (Lipinski definition) is 4. The Morgan fingerprint density at radius 2 is 2.28 bits per heavy atom. The molecule has 2 heterocycles. The van der Waals surface area contributed by atoms with E-state index < -0.39 is 6.10 Å². The maximum absolute atomic E-state index is 13.2. The third kappa shape index (κ3) is 4.51. The molecule has 0 bridgehead atoms. The molecule has 1 aliphatic heterocycles. The van der Waals surface area contributed by atoms with Gasteiger partial charge in [-0.3, -0.25) is 9.59 Å². The van der Waals surface area contributed by atoms with Gasteiger partial charge in [0.05, 0.1) is 13.2 Å². The molecule has 1 aromatic heterocycles. The summed E-state index contributed by atoms with van der Waals surface area (Å²) in [6.07, 6.45) is 0.339. The number of ether oxygens (including phenoxy) is 1. The summed E-state index contributed by atoms with van der Waals surface area (Å²) >= 11 is 0. The predicted molar refractivity (Wildman–Crippen MR) is 89.6 cm³/mol. The molecule has 1 N–H and O–H groups in total. The summed E-state index contributed by atoms with van der Waals surface area (Å²) in [4.78, 5) is 32.7. The Morgan fingerprint density at radius 3 is 3.04 bits per heavy atom. The molecule has 132 valence electrons. The second-order valence-electron chi connectivity index (χ2n) is 6.10. The van der Waals surface area contributed by atoms with E-state index in [1.165, 1.54) is 18.2 Å². The van der Waals surface area contributed by atoms with E-state index in [-0.39, 0.29) is 17.3 Å². The van der Waals surface area contributed by atoms with Crippen molar-refractivity contribution in [3.63, 3.8) is 0 Å². The Kier molecular flexibility index (Phi) is 5.23. The van der Waals surface area contributed by atoms with Gasteiger partial charge in [-0.15, -0.1) is 0 Å². The van der Waals surface area contributed by atoms with Gasteiger partial charge in [0.15, 0.2) is 0 Å². The highest BCUT2D eigenvalue weighted by Gasteiger charge is 2.26. The summed E-state index contributed by atoms with van der Waals surface area (Å²) in [6, 6.07) is 7.68. The molecule has 2 aromatic rings. The van der Waals surface area contributed by atoms with Crippen LogP contribution in [0.25, 0.3) is 0 Å². The minimum Gasteiger partial charge on any atom is -0.367 e. The number of carbonyl (C=O) groups excluding carboxylic acids is 1. The van der Waals surface area contributed by atoms with E-state index in [4.69, 9.17) is 4.74 Å². The number of nitrogens with one attached hydrogen (secondary N) is 1. The third-order valence-corrected chi connectivity index (χ3v) is 4.13. The summed E-state index contributed by atoms with van der Waals surface area (Å²) in [6.45, 7) is 2.96. The first-order chi connectivity index (χ1) is 12.0. The van der Waals surface area contributed by atoms with Crippen molar-refractivity contribution < 1.29 is 13.9 Å². The average molecular weight is 345 g/mol. The molecule has 7 heteroatoms. The van der Waals surface area contributed by atoms with Gasteiger partial charge in [-0.05, 0) is 31.0 Å². The maximum atomic E-state index is 13.2. The second kappa shape index (κ2) is 7.57. The van der Waals surface area contributed by atoms with Crippen molar-refractivity contribution in [3.8, 4) is 0 Å². The standard InChI is InChI=1S/C18H20FN3O3/c1-12-9-16(23)21-18(20-12)15-11-22(7-8-25-15)17(24)6-5-13-3-2-4-14(19)10-13/h2-4,9-10,15H,5-8,11H2,1H3,(H,20,21,23)/t15-/m0/s1. The normalized spacial score (nSPS) is 17.5. The molecule has 1 aromatic carbocycles. The number of morpholine rings is 1. The zero-order valence-electron chi connectivity index (χ0n) is 14.0. The van der Waals surface area contributed by atoms with Crippen molar-refractivity contribution in [1.29, 1.82) is 0 Å². The van der Waals surface area contributed by atoms with Crippen LogP contribution >= 0.6 is 0 Å². The number of halogens is 1. The van der Waals surface area contributed by atoms with Crippen LogP contribution in [0.5, 0.6) is 0 Å². The highest BCUT2D eigenvalue weighted by molar-refractivity contribution is 5.76. The number of nitrogens with zero attached hydrogens (tertiary/aromatic N) is 2. The minimum absolute atomic E-state index is 0.0208. The monoisotopic (exact) mass is 345 g/mol. The van der Waals surface area contributed by atoms with Crippen molar-refractivity contribution in [1.82, 2.24) is 14.9 Å². The van der Waals surface area contributed by atoms with Crippen LogP contribution < -0.4 is 5.56 Å². The Balaban J connectivity index is 1.62. The van der Waals surface area contributed by atoms with Crippen molar-refractivity contribution in [2.75, 3.05) is 19.7 Å². The van der Waals surface area contributed by atoms with Crippen molar-refractivity contribution in [3.05, 3.63) is 63.6 Å². The largest absolute Gasteiger partial charge is 0.367 e. The fourth-order valence-corrected chi connectivity index (χ4v) is 2.90. The highest BCUT2D eigenvalue weighted by Crippen LogP contribution is 2.19. The van der Waals surface area contributed by atoms with E-state index in [1.807, 2.05) is 0 Å². The zero-order chi connectivity index (χ0) is 17.8. The minimum atomic E-state index is -0.445. The molecule has 0 spiro atoms. The van der Waals surface area contributed by atoms with Crippen molar-refractivity contribution >= 4 is 5.91 Å². The quantitative estimate of drug-likeness (QED) is 0.916. The topological polar surface area (TPSA) is 75.3 Å². The van der Waals surface area contributed by atoms with Gasteiger partial charge < -0.3 is 14.6 Å². The SMILES string of the molecule is Cc1cc(=O)[nH]c([C@@H]2CN(C(=O)CCc3cccc(F)c3)CCO2)n1. The van der Waals surface area contributed by atoms with Crippen LogP contribution in [0.2, 0.25) is 0 Å². The first-order valence-electron chi connectivity index (χ1n) is 8.23. The number of amides is 1. The lowest BCUT2D eigenvalue weighted by Crippen LogP contribution is -2.43. The van der Waals surface area contributed by atoms with Crippen LogP contribution in [0.4, 0.5) is 4.39 Å².